The van der Waals surface area contributed by atoms with Crippen LogP contribution in [0.3, 0.4) is 0 Å². The van der Waals surface area contributed by atoms with Crippen LogP contribution < -0.4 is 21.0 Å². The minimum atomic E-state index is -0.536. The Kier molecular flexibility index (Phi) is 7.31. The summed E-state index contributed by atoms with van der Waals surface area (Å²) >= 11 is 8.50. The molecule has 1 aromatic carbocycles. The molecule has 0 saturated heterocycles. The van der Waals surface area contributed by atoms with Gasteiger partial charge in [-0.3, -0.25) is 20.3 Å². The lowest BCUT2D eigenvalue weighted by molar-refractivity contribution is 0.0973. The van der Waals surface area contributed by atoms with E-state index in [1.807, 2.05) is 13.0 Å². The normalized spacial score (nSPS) is 10.1. The highest BCUT2D eigenvalue weighted by Gasteiger charge is 2.16. The van der Waals surface area contributed by atoms with Crippen LogP contribution in [-0.2, 0) is 0 Å². The van der Waals surface area contributed by atoms with Crippen molar-refractivity contribution >= 4 is 39.2 Å². The highest BCUT2D eigenvalue weighted by Crippen LogP contribution is 2.23. The molecule has 0 radical (unpaired) electrons. The molecule has 1 aromatic heterocycles. The fourth-order valence-corrected chi connectivity index (χ4v) is 3.03. The molecule has 2 N–H and O–H groups in total. The summed E-state index contributed by atoms with van der Waals surface area (Å²) in [5.74, 6) is -0.0518. The molecule has 7 nitrogen and oxygen atoms in total. The van der Waals surface area contributed by atoms with Crippen LogP contribution in [0.15, 0.2) is 33.5 Å². The summed E-state index contributed by atoms with van der Waals surface area (Å²) in [7, 11) is 0. The van der Waals surface area contributed by atoms with Crippen LogP contribution in [0.25, 0.3) is 0 Å². The van der Waals surface area contributed by atoms with Gasteiger partial charge in [-0.25, -0.2) is 4.68 Å². The van der Waals surface area contributed by atoms with Crippen LogP contribution in [0.2, 0.25) is 0 Å². The van der Waals surface area contributed by atoms with Crippen molar-refractivity contribution in [3.05, 3.63) is 61.5 Å². The molecular weight excluding hydrogens is 444 g/mol. The van der Waals surface area contributed by atoms with Gasteiger partial charge in [0.1, 0.15) is 17.4 Å². The number of aromatic nitrogens is 1. The maximum atomic E-state index is 12.6. The molecule has 2 rings (SSSR count). The third-order valence-electron chi connectivity index (χ3n) is 3.79. The predicted molar refractivity (Wildman–Crippen MR) is 114 cm³/mol. The monoisotopic (exact) mass is 462 g/mol. The highest BCUT2D eigenvalue weighted by atomic mass is 79.9. The number of thiocarbonyl (C=S) groups is 1. The van der Waals surface area contributed by atoms with E-state index in [1.165, 1.54) is 0 Å². The molecule has 0 aliphatic carbocycles. The Bertz CT molecular complexity index is 1030. The molecule has 9 heteroatoms. The van der Waals surface area contributed by atoms with E-state index in [2.05, 4.69) is 26.7 Å². The van der Waals surface area contributed by atoms with Gasteiger partial charge in [-0.05, 0) is 62.3 Å². The summed E-state index contributed by atoms with van der Waals surface area (Å²) < 4.78 is 7.45. The van der Waals surface area contributed by atoms with Gasteiger partial charge >= 0.3 is 0 Å². The zero-order valence-corrected chi connectivity index (χ0v) is 18.0. The number of nitriles is 1. The lowest BCUT2D eigenvalue weighted by Crippen LogP contribution is -2.43. The number of carbonyl (C=O) groups is 1. The Hall–Kier alpha value is -2.70. The standard InChI is InChI=1S/C19H19BrN4O3S/c1-4-7-27-16-6-5-13(20)9-14(16)17(25)22-19(28)23-24-12(3)8-11(2)15(10-21)18(24)26/h5-6,8-9H,4,7H2,1-3H3,(H2,22,23,25,28). The van der Waals surface area contributed by atoms with Gasteiger partial charge in [-0.1, -0.05) is 22.9 Å². The molecule has 0 atom stereocenters. The maximum absolute atomic E-state index is 12.6. The van der Waals surface area contributed by atoms with Crippen molar-refractivity contribution in [1.82, 2.24) is 9.99 Å². The first-order chi connectivity index (χ1) is 13.3. The van der Waals surface area contributed by atoms with Gasteiger partial charge in [-0.2, -0.15) is 5.26 Å². The minimum Gasteiger partial charge on any atom is -0.493 e. The first kappa shape index (κ1) is 21.6. The van der Waals surface area contributed by atoms with Gasteiger partial charge in [0.15, 0.2) is 5.11 Å². The fraction of sp³-hybridized carbons (Fsp3) is 0.263. The largest absolute Gasteiger partial charge is 0.493 e. The third-order valence-corrected chi connectivity index (χ3v) is 4.48. The number of amides is 1. The Morgan fingerprint density at radius 3 is 2.71 bits per heavy atom. The molecule has 0 aliphatic heterocycles. The van der Waals surface area contributed by atoms with E-state index in [-0.39, 0.29) is 10.7 Å². The Morgan fingerprint density at radius 1 is 1.36 bits per heavy atom. The van der Waals surface area contributed by atoms with Crippen LogP contribution in [0.5, 0.6) is 5.75 Å². The van der Waals surface area contributed by atoms with Gasteiger partial charge in [0.05, 0.1) is 12.2 Å². The SMILES string of the molecule is CCCOc1ccc(Br)cc1C(=O)NC(=S)Nn1c(C)cc(C)c(C#N)c1=O. The van der Waals surface area contributed by atoms with E-state index in [9.17, 15) is 9.59 Å². The molecule has 1 amide bonds. The second kappa shape index (κ2) is 9.48. The molecule has 1 heterocycles. The van der Waals surface area contributed by atoms with Crippen molar-refractivity contribution in [2.24, 2.45) is 0 Å². The summed E-state index contributed by atoms with van der Waals surface area (Å²) in [6, 6.07) is 8.65. The lowest BCUT2D eigenvalue weighted by Gasteiger charge is -2.16. The lowest BCUT2D eigenvalue weighted by atomic mass is 10.1. The number of pyridine rings is 1. The topological polar surface area (TPSA) is 96.2 Å². The number of nitrogens with zero attached hydrogens (tertiary/aromatic N) is 2. The van der Waals surface area contributed by atoms with Gasteiger partial charge in [-0.15, -0.1) is 0 Å². The van der Waals surface area contributed by atoms with Gasteiger partial charge < -0.3 is 4.74 Å². The van der Waals surface area contributed by atoms with Crippen molar-refractivity contribution in [3.63, 3.8) is 0 Å². The first-order valence-corrected chi connectivity index (χ1v) is 9.66. The molecule has 28 heavy (non-hydrogen) atoms. The summed E-state index contributed by atoms with van der Waals surface area (Å²) in [5, 5.41) is 11.6. The van der Waals surface area contributed by atoms with Crippen molar-refractivity contribution in [3.8, 4) is 11.8 Å². The van der Waals surface area contributed by atoms with E-state index in [4.69, 9.17) is 22.2 Å². The fourth-order valence-electron chi connectivity index (χ4n) is 2.48. The molecule has 0 spiro atoms. The molecule has 0 unspecified atom stereocenters. The number of rotatable bonds is 5. The average Bonchev–Trinajstić information content (AvgIpc) is 2.64. The number of nitrogens with one attached hydrogen (secondary N) is 2. The molecule has 146 valence electrons. The van der Waals surface area contributed by atoms with Gasteiger partial charge in [0, 0.05) is 10.2 Å². The van der Waals surface area contributed by atoms with Crippen LogP contribution in [-0.4, -0.2) is 22.3 Å². The molecule has 2 aromatic rings. The number of hydrogen-bond acceptors (Lipinski definition) is 5. The van der Waals surface area contributed by atoms with Crippen LogP contribution in [0, 0.1) is 25.2 Å². The van der Waals surface area contributed by atoms with Crippen molar-refractivity contribution in [2.45, 2.75) is 27.2 Å². The number of benzene rings is 1. The smallest absolute Gasteiger partial charge is 0.287 e. The van der Waals surface area contributed by atoms with E-state index in [1.54, 1.807) is 38.1 Å². The first-order valence-electron chi connectivity index (χ1n) is 8.46. The zero-order valence-electron chi connectivity index (χ0n) is 15.6. The molecule has 0 aliphatic rings. The quantitative estimate of drug-likeness (QED) is 0.662. The maximum Gasteiger partial charge on any atom is 0.287 e. The summed E-state index contributed by atoms with van der Waals surface area (Å²) in [6.07, 6.45) is 0.800. The number of halogens is 1. The number of carbonyl (C=O) groups excluding carboxylic acids is 1. The Labute approximate surface area is 176 Å². The number of ether oxygens (including phenoxy) is 1. The van der Waals surface area contributed by atoms with E-state index >= 15 is 0 Å². The second-order valence-corrected chi connectivity index (χ2v) is 7.30. The molecular formula is C19H19BrN4O3S. The van der Waals surface area contributed by atoms with E-state index in [0.717, 1.165) is 11.1 Å². The minimum absolute atomic E-state index is 0.00877. The van der Waals surface area contributed by atoms with Crippen LogP contribution in [0.4, 0.5) is 0 Å². The summed E-state index contributed by atoms with van der Waals surface area (Å²) in [5.41, 5.74) is 3.56. The Morgan fingerprint density at radius 2 is 2.07 bits per heavy atom. The van der Waals surface area contributed by atoms with E-state index in [0.29, 0.717) is 33.6 Å². The number of hydrogen-bond donors (Lipinski definition) is 2. The van der Waals surface area contributed by atoms with Crippen molar-refractivity contribution < 1.29 is 9.53 Å². The van der Waals surface area contributed by atoms with Crippen LogP contribution >= 0.6 is 28.1 Å². The number of aryl methyl sites for hydroxylation is 2. The van der Waals surface area contributed by atoms with Crippen molar-refractivity contribution in [1.29, 1.82) is 5.26 Å². The molecule has 0 bridgehead atoms. The molecule has 0 fully saturated rings. The van der Waals surface area contributed by atoms with Gasteiger partial charge in [0.25, 0.3) is 11.5 Å². The van der Waals surface area contributed by atoms with Crippen molar-refractivity contribution in [2.75, 3.05) is 12.0 Å². The summed E-state index contributed by atoms with van der Waals surface area (Å²) in [6.45, 7) is 5.81. The zero-order chi connectivity index (χ0) is 20.8. The average molecular weight is 463 g/mol. The second-order valence-electron chi connectivity index (χ2n) is 5.98. The van der Waals surface area contributed by atoms with Gasteiger partial charge in [0.2, 0.25) is 0 Å². The molecule has 0 saturated carbocycles. The summed E-state index contributed by atoms with van der Waals surface area (Å²) in [4.78, 5) is 25.1. The third kappa shape index (κ3) is 4.97. The Balaban J connectivity index is 2.23. The highest BCUT2D eigenvalue weighted by molar-refractivity contribution is 9.10. The predicted octanol–water partition coefficient (Wildman–Crippen LogP) is 3.15. The van der Waals surface area contributed by atoms with Crippen LogP contribution in [0.1, 0.15) is 40.5 Å². The van der Waals surface area contributed by atoms with E-state index < -0.39 is 11.5 Å².